The molecular formula is C31H30F2O. The zero-order valence-electron chi connectivity index (χ0n) is 19.8. The second kappa shape index (κ2) is 10.7. The summed E-state index contributed by atoms with van der Waals surface area (Å²) in [6.45, 7) is 4.14. The summed E-state index contributed by atoms with van der Waals surface area (Å²) in [6, 6.07) is 19.6. The van der Waals surface area contributed by atoms with E-state index in [0.29, 0.717) is 22.3 Å². The van der Waals surface area contributed by atoms with Gasteiger partial charge in [0.1, 0.15) is 11.6 Å². The number of carbonyl (C=O) groups excluding carboxylic acids is 1. The summed E-state index contributed by atoms with van der Waals surface area (Å²) >= 11 is 0. The van der Waals surface area contributed by atoms with Gasteiger partial charge in [0.05, 0.1) is 5.56 Å². The van der Waals surface area contributed by atoms with Crippen LogP contribution in [0.25, 0.3) is 33.0 Å². The largest absolute Gasteiger partial charge is 0.298 e. The van der Waals surface area contributed by atoms with Crippen LogP contribution in [0.3, 0.4) is 0 Å². The first kappa shape index (κ1) is 23.8. The van der Waals surface area contributed by atoms with E-state index in [0.717, 1.165) is 35.5 Å². The molecule has 0 radical (unpaired) electrons. The Bertz CT molecular complexity index is 1280. The van der Waals surface area contributed by atoms with E-state index in [1.54, 1.807) is 18.2 Å². The van der Waals surface area contributed by atoms with Crippen molar-refractivity contribution in [2.75, 3.05) is 0 Å². The van der Waals surface area contributed by atoms with Crippen LogP contribution in [0.2, 0.25) is 0 Å². The smallest absolute Gasteiger partial charge is 0.151 e. The van der Waals surface area contributed by atoms with Gasteiger partial charge in [0, 0.05) is 5.56 Å². The van der Waals surface area contributed by atoms with Crippen molar-refractivity contribution in [1.29, 1.82) is 0 Å². The van der Waals surface area contributed by atoms with Gasteiger partial charge < -0.3 is 0 Å². The topological polar surface area (TPSA) is 17.1 Å². The number of fused-ring (bicyclic) bond motifs is 1. The number of rotatable bonds is 9. The van der Waals surface area contributed by atoms with Crippen LogP contribution in [0.15, 0.2) is 66.7 Å². The number of halogens is 2. The number of hydrogen-bond acceptors (Lipinski definition) is 1. The van der Waals surface area contributed by atoms with E-state index < -0.39 is 11.6 Å². The molecule has 0 N–H and O–H groups in total. The summed E-state index contributed by atoms with van der Waals surface area (Å²) in [5.74, 6) is -1.29. The van der Waals surface area contributed by atoms with Crippen LogP contribution in [-0.4, -0.2) is 6.29 Å². The Morgan fingerprint density at radius 3 is 2.15 bits per heavy atom. The van der Waals surface area contributed by atoms with Crippen LogP contribution in [-0.2, 0) is 6.42 Å². The van der Waals surface area contributed by atoms with Gasteiger partial charge in [-0.15, -0.1) is 0 Å². The van der Waals surface area contributed by atoms with Crippen LogP contribution in [0.4, 0.5) is 8.78 Å². The minimum absolute atomic E-state index is 0.0548. The Kier molecular flexibility index (Phi) is 7.52. The van der Waals surface area contributed by atoms with Gasteiger partial charge in [-0.2, -0.15) is 0 Å². The molecule has 4 rings (SSSR count). The Morgan fingerprint density at radius 2 is 1.47 bits per heavy atom. The lowest BCUT2D eigenvalue weighted by molar-refractivity contribution is 0.112. The lowest BCUT2D eigenvalue weighted by Gasteiger charge is -2.13. The molecule has 0 aliphatic heterocycles. The maximum absolute atomic E-state index is 15.1. The molecule has 0 saturated heterocycles. The fraction of sp³-hybridized carbons (Fsp3) is 0.258. The first-order valence-corrected chi connectivity index (χ1v) is 12.1. The van der Waals surface area contributed by atoms with Gasteiger partial charge in [-0.05, 0) is 64.9 Å². The molecule has 0 unspecified atom stereocenters. The van der Waals surface area contributed by atoms with Crippen molar-refractivity contribution >= 4 is 17.1 Å². The second-order valence-electron chi connectivity index (χ2n) is 9.05. The number of carbonyl (C=O) groups is 1. The van der Waals surface area contributed by atoms with E-state index >= 15 is 8.78 Å². The number of aryl methyl sites for hydroxylation is 2. The fourth-order valence-corrected chi connectivity index (χ4v) is 4.59. The maximum atomic E-state index is 15.1. The van der Waals surface area contributed by atoms with Gasteiger partial charge in [0.25, 0.3) is 0 Å². The lowest BCUT2D eigenvalue weighted by Crippen LogP contribution is -1.96. The van der Waals surface area contributed by atoms with Crippen LogP contribution < -0.4 is 0 Å². The van der Waals surface area contributed by atoms with Gasteiger partial charge in [0.15, 0.2) is 6.29 Å². The monoisotopic (exact) mass is 456 g/mol. The highest BCUT2D eigenvalue weighted by molar-refractivity contribution is 6.04. The normalized spacial score (nSPS) is 11.2. The van der Waals surface area contributed by atoms with Crippen molar-refractivity contribution in [2.24, 2.45) is 0 Å². The average molecular weight is 457 g/mol. The molecule has 0 aliphatic carbocycles. The fourth-order valence-electron chi connectivity index (χ4n) is 4.59. The molecule has 1 nitrogen and oxygen atoms in total. The molecule has 0 saturated carbocycles. The van der Waals surface area contributed by atoms with E-state index in [9.17, 15) is 4.79 Å². The molecule has 0 aromatic heterocycles. The summed E-state index contributed by atoms with van der Waals surface area (Å²) in [5.41, 5.74) is 4.04. The van der Waals surface area contributed by atoms with Crippen LogP contribution in [0.5, 0.6) is 0 Å². The molecular weight excluding hydrogens is 426 g/mol. The first-order valence-electron chi connectivity index (χ1n) is 12.1. The van der Waals surface area contributed by atoms with E-state index in [4.69, 9.17) is 0 Å². The summed E-state index contributed by atoms with van der Waals surface area (Å²) < 4.78 is 30.1. The number of aldehydes is 1. The lowest BCUT2D eigenvalue weighted by atomic mass is 9.92. The maximum Gasteiger partial charge on any atom is 0.151 e. The molecule has 0 bridgehead atoms. The molecule has 34 heavy (non-hydrogen) atoms. The predicted molar refractivity (Wildman–Crippen MR) is 137 cm³/mol. The molecule has 0 fully saturated rings. The van der Waals surface area contributed by atoms with Crippen molar-refractivity contribution in [2.45, 2.75) is 52.4 Å². The molecule has 4 aromatic rings. The predicted octanol–water partition coefficient (Wildman–Crippen LogP) is 9.09. The molecule has 0 heterocycles. The first-order chi connectivity index (χ1) is 16.5. The van der Waals surface area contributed by atoms with Gasteiger partial charge in [-0.1, -0.05) is 92.8 Å². The highest BCUT2D eigenvalue weighted by Gasteiger charge is 2.17. The Labute approximate surface area is 200 Å². The van der Waals surface area contributed by atoms with Gasteiger partial charge in [0.2, 0.25) is 0 Å². The third-order valence-electron chi connectivity index (χ3n) is 6.51. The van der Waals surface area contributed by atoms with Gasteiger partial charge in [-0.3, -0.25) is 4.79 Å². The zero-order chi connectivity index (χ0) is 24.1. The van der Waals surface area contributed by atoms with E-state index in [1.807, 2.05) is 31.2 Å². The molecule has 0 aliphatic rings. The summed E-state index contributed by atoms with van der Waals surface area (Å²) in [7, 11) is 0. The number of hydrogen-bond donors (Lipinski definition) is 0. The Morgan fingerprint density at radius 1 is 0.765 bits per heavy atom. The highest BCUT2D eigenvalue weighted by atomic mass is 19.1. The van der Waals surface area contributed by atoms with Gasteiger partial charge in [-0.25, -0.2) is 8.78 Å². The SMILES string of the molecule is CCCCCCCc1ccc2c(C=O)c(-c3cc(F)c(-c4ccc(C)cc4)c(F)c3)ccc2c1. The van der Waals surface area contributed by atoms with Crippen LogP contribution in [0, 0.1) is 18.6 Å². The highest BCUT2D eigenvalue weighted by Crippen LogP contribution is 2.35. The van der Waals surface area contributed by atoms with Crippen molar-refractivity contribution in [1.82, 2.24) is 0 Å². The van der Waals surface area contributed by atoms with Crippen molar-refractivity contribution in [3.8, 4) is 22.3 Å². The minimum atomic E-state index is -0.644. The third kappa shape index (κ3) is 5.09. The van der Waals surface area contributed by atoms with Crippen LogP contribution >= 0.6 is 0 Å². The number of benzene rings is 4. The molecule has 0 amide bonds. The molecule has 4 aromatic carbocycles. The average Bonchev–Trinajstić information content (AvgIpc) is 2.83. The third-order valence-corrected chi connectivity index (χ3v) is 6.51. The Balaban J connectivity index is 1.67. The van der Waals surface area contributed by atoms with Crippen molar-refractivity contribution in [3.05, 3.63) is 95.1 Å². The van der Waals surface area contributed by atoms with Gasteiger partial charge >= 0.3 is 0 Å². The van der Waals surface area contributed by atoms with E-state index in [1.165, 1.54) is 43.4 Å². The van der Waals surface area contributed by atoms with Crippen molar-refractivity contribution < 1.29 is 13.6 Å². The molecule has 174 valence electrons. The minimum Gasteiger partial charge on any atom is -0.298 e. The second-order valence-corrected chi connectivity index (χ2v) is 9.05. The van der Waals surface area contributed by atoms with E-state index in [2.05, 4.69) is 19.1 Å². The zero-order valence-corrected chi connectivity index (χ0v) is 19.8. The van der Waals surface area contributed by atoms with Crippen molar-refractivity contribution in [3.63, 3.8) is 0 Å². The molecule has 0 atom stereocenters. The van der Waals surface area contributed by atoms with Crippen LogP contribution in [0.1, 0.15) is 60.5 Å². The Hall–Kier alpha value is -3.33. The summed E-state index contributed by atoms with van der Waals surface area (Å²) in [6.07, 6.45) is 7.93. The number of unbranched alkanes of at least 4 members (excludes halogenated alkanes) is 4. The summed E-state index contributed by atoms with van der Waals surface area (Å²) in [5, 5.41) is 1.76. The molecule has 0 spiro atoms. The molecule has 3 heteroatoms. The summed E-state index contributed by atoms with van der Waals surface area (Å²) in [4.78, 5) is 12.1. The standard InChI is InChI=1S/C31H30F2O/c1-3-4-5-6-7-8-22-11-15-26-24(17-22)14-16-27(28(26)20-34)25-18-29(32)31(30(33)19-25)23-12-9-21(2)10-13-23/h9-20H,3-8H2,1-2H3. The van der Waals surface area contributed by atoms with E-state index in [-0.39, 0.29) is 5.56 Å². The quantitative estimate of drug-likeness (QED) is 0.181.